The van der Waals surface area contributed by atoms with E-state index in [-0.39, 0.29) is 6.10 Å². The van der Waals surface area contributed by atoms with Gasteiger partial charge in [-0.25, -0.2) is 0 Å². The summed E-state index contributed by atoms with van der Waals surface area (Å²) in [6, 6.07) is 8.04. The van der Waals surface area contributed by atoms with Gasteiger partial charge >= 0.3 is 0 Å². The molecule has 2 nitrogen and oxygen atoms in total. The van der Waals surface area contributed by atoms with E-state index < -0.39 is 0 Å². The number of rotatable bonds is 9. The zero-order valence-electron chi connectivity index (χ0n) is 12.3. The van der Waals surface area contributed by atoms with Crippen molar-refractivity contribution in [3.05, 3.63) is 29.3 Å². The van der Waals surface area contributed by atoms with Gasteiger partial charge in [-0.3, -0.25) is 0 Å². The number of halogens is 1. The van der Waals surface area contributed by atoms with Gasteiger partial charge in [-0.05, 0) is 50.1 Å². The molecule has 0 saturated carbocycles. The lowest BCUT2D eigenvalue weighted by molar-refractivity contribution is 0.142. The first-order valence-corrected chi connectivity index (χ1v) is 7.74. The molecule has 1 rings (SSSR count). The van der Waals surface area contributed by atoms with Gasteiger partial charge in [0.2, 0.25) is 0 Å². The van der Waals surface area contributed by atoms with E-state index in [1.165, 1.54) is 6.42 Å². The molecule has 1 N–H and O–H groups in total. The van der Waals surface area contributed by atoms with Crippen LogP contribution in [0.15, 0.2) is 24.3 Å². The molecule has 2 unspecified atom stereocenters. The molecule has 0 aliphatic rings. The van der Waals surface area contributed by atoms with Gasteiger partial charge in [0, 0.05) is 11.1 Å². The average Bonchev–Trinajstić information content (AvgIpc) is 2.43. The predicted octanol–water partition coefficient (Wildman–Crippen LogP) is 4.67. The van der Waals surface area contributed by atoms with E-state index in [1.54, 1.807) is 0 Å². The van der Waals surface area contributed by atoms with Crippen LogP contribution in [0, 0.1) is 0 Å². The van der Waals surface area contributed by atoms with Crippen molar-refractivity contribution < 1.29 is 4.74 Å². The van der Waals surface area contributed by atoms with Crippen LogP contribution in [0.25, 0.3) is 0 Å². The van der Waals surface area contributed by atoms with Crippen molar-refractivity contribution in [1.29, 1.82) is 0 Å². The van der Waals surface area contributed by atoms with Gasteiger partial charge in [0.25, 0.3) is 0 Å². The molecule has 19 heavy (non-hydrogen) atoms. The lowest BCUT2D eigenvalue weighted by Crippen LogP contribution is -2.43. The fourth-order valence-corrected chi connectivity index (χ4v) is 2.32. The van der Waals surface area contributed by atoms with Crippen LogP contribution < -0.4 is 10.1 Å². The largest absolute Gasteiger partial charge is 0.489 e. The Labute approximate surface area is 122 Å². The lowest BCUT2D eigenvalue weighted by atomic mass is 10.0. The Morgan fingerprint density at radius 1 is 1.11 bits per heavy atom. The Bertz CT molecular complexity index is 339. The zero-order chi connectivity index (χ0) is 14.1. The Balaban J connectivity index is 2.64. The number of benzene rings is 1. The van der Waals surface area contributed by atoms with Crippen molar-refractivity contribution in [2.75, 3.05) is 6.54 Å². The summed E-state index contributed by atoms with van der Waals surface area (Å²) in [6.45, 7) is 7.63. The molecule has 0 aliphatic heterocycles. The van der Waals surface area contributed by atoms with E-state index in [1.807, 2.05) is 24.3 Å². The average molecular weight is 284 g/mol. The summed E-state index contributed by atoms with van der Waals surface area (Å²) < 4.78 is 6.11. The molecule has 3 heteroatoms. The van der Waals surface area contributed by atoms with Gasteiger partial charge in [0.15, 0.2) is 0 Å². The number of hydrogen-bond donors (Lipinski definition) is 1. The molecule has 1 aromatic carbocycles. The maximum absolute atomic E-state index is 6.11. The molecular weight excluding hydrogens is 258 g/mol. The first kappa shape index (κ1) is 16.3. The second-order valence-corrected chi connectivity index (χ2v) is 5.30. The third-order valence-electron chi connectivity index (χ3n) is 3.21. The minimum absolute atomic E-state index is 0.215. The third kappa shape index (κ3) is 5.84. The molecule has 2 atom stereocenters. The molecule has 0 aromatic heterocycles. The van der Waals surface area contributed by atoms with Crippen LogP contribution in [0.1, 0.15) is 46.5 Å². The molecule has 0 saturated heterocycles. The van der Waals surface area contributed by atoms with Crippen LogP contribution in [-0.4, -0.2) is 18.7 Å². The predicted molar refractivity (Wildman–Crippen MR) is 83.1 cm³/mol. The topological polar surface area (TPSA) is 21.3 Å². The van der Waals surface area contributed by atoms with Crippen molar-refractivity contribution in [2.24, 2.45) is 0 Å². The van der Waals surface area contributed by atoms with Crippen molar-refractivity contribution in [2.45, 2.75) is 58.6 Å². The van der Waals surface area contributed by atoms with E-state index in [4.69, 9.17) is 16.3 Å². The summed E-state index contributed by atoms with van der Waals surface area (Å²) in [7, 11) is 0. The SMILES string of the molecule is CCCNC(CCC)C(CC)Oc1ccc(Cl)cc1. The highest BCUT2D eigenvalue weighted by Crippen LogP contribution is 2.20. The highest BCUT2D eigenvalue weighted by molar-refractivity contribution is 6.30. The van der Waals surface area contributed by atoms with Crippen LogP contribution in [-0.2, 0) is 0 Å². The normalized spacial score (nSPS) is 14.1. The fraction of sp³-hybridized carbons (Fsp3) is 0.625. The summed E-state index contributed by atoms with van der Waals surface area (Å²) in [5, 5.41) is 4.35. The Kier molecular flexibility index (Phi) is 7.92. The molecule has 0 aliphatic carbocycles. The van der Waals surface area contributed by atoms with E-state index in [2.05, 4.69) is 26.1 Å². The Morgan fingerprint density at radius 2 is 1.79 bits per heavy atom. The van der Waals surface area contributed by atoms with Gasteiger partial charge in [0.05, 0.1) is 0 Å². The molecule has 0 fully saturated rings. The maximum Gasteiger partial charge on any atom is 0.119 e. The first-order valence-electron chi connectivity index (χ1n) is 7.36. The minimum atomic E-state index is 0.215. The summed E-state index contributed by atoms with van der Waals surface area (Å²) in [5.74, 6) is 0.899. The van der Waals surface area contributed by atoms with Crippen LogP contribution in [0.5, 0.6) is 5.75 Å². The maximum atomic E-state index is 6.11. The van der Waals surface area contributed by atoms with Crippen molar-refractivity contribution in [1.82, 2.24) is 5.32 Å². The van der Waals surface area contributed by atoms with Crippen molar-refractivity contribution in [3.8, 4) is 5.75 Å². The Morgan fingerprint density at radius 3 is 2.32 bits per heavy atom. The van der Waals surface area contributed by atoms with Crippen LogP contribution >= 0.6 is 11.6 Å². The van der Waals surface area contributed by atoms with Crippen LogP contribution in [0.3, 0.4) is 0 Å². The van der Waals surface area contributed by atoms with Crippen LogP contribution in [0.4, 0.5) is 0 Å². The summed E-state index contributed by atoms with van der Waals surface area (Å²) in [4.78, 5) is 0. The summed E-state index contributed by atoms with van der Waals surface area (Å²) in [6.07, 6.45) is 4.68. The molecule has 1 aromatic rings. The van der Waals surface area contributed by atoms with E-state index in [0.29, 0.717) is 6.04 Å². The highest BCUT2D eigenvalue weighted by Gasteiger charge is 2.20. The molecule has 0 spiro atoms. The zero-order valence-corrected chi connectivity index (χ0v) is 13.0. The van der Waals surface area contributed by atoms with Gasteiger partial charge in [-0.1, -0.05) is 38.8 Å². The van der Waals surface area contributed by atoms with Gasteiger partial charge < -0.3 is 10.1 Å². The summed E-state index contributed by atoms with van der Waals surface area (Å²) in [5.41, 5.74) is 0. The van der Waals surface area contributed by atoms with Gasteiger partial charge in [-0.2, -0.15) is 0 Å². The molecule has 0 heterocycles. The first-order chi connectivity index (χ1) is 9.21. The Hall–Kier alpha value is -0.730. The monoisotopic (exact) mass is 283 g/mol. The van der Waals surface area contributed by atoms with Crippen LogP contribution in [0.2, 0.25) is 5.02 Å². The smallest absolute Gasteiger partial charge is 0.119 e. The van der Waals surface area contributed by atoms with Gasteiger partial charge in [-0.15, -0.1) is 0 Å². The summed E-state index contributed by atoms with van der Waals surface area (Å²) >= 11 is 5.89. The third-order valence-corrected chi connectivity index (χ3v) is 3.46. The second kappa shape index (κ2) is 9.22. The second-order valence-electron chi connectivity index (χ2n) is 4.87. The fourth-order valence-electron chi connectivity index (χ4n) is 2.20. The molecule has 0 radical (unpaired) electrons. The van der Waals surface area contributed by atoms with Gasteiger partial charge in [0.1, 0.15) is 11.9 Å². The van der Waals surface area contributed by atoms with E-state index in [9.17, 15) is 0 Å². The quantitative estimate of drug-likeness (QED) is 0.711. The highest BCUT2D eigenvalue weighted by atomic mass is 35.5. The molecule has 0 amide bonds. The lowest BCUT2D eigenvalue weighted by Gasteiger charge is -2.28. The number of nitrogens with one attached hydrogen (secondary N) is 1. The molecular formula is C16H26ClNO. The molecule has 0 bridgehead atoms. The van der Waals surface area contributed by atoms with E-state index in [0.717, 1.165) is 36.6 Å². The standard InChI is InChI=1S/C16H26ClNO/c1-4-7-15(18-12-5-2)16(6-3)19-14-10-8-13(17)9-11-14/h8-11,15-16,18H,4-7,12H2,1-3H3. The number of hydrogen-bond acceptors (Lipinski definition) is 2. The molecule has 108 valence electrons. The van der Waals surface area contributed by atoms with Crippen molar-refractivity contribution in [3.63, 3.8) is 0 Å². The minimum Gasteiger partial charge on any atom is -0.489 e. The van der Waals surface area contributed by atoms with Crippen molar-refractivity contribution >= 4 is 11.6 Å². The number of ether oxygens (including phenoxy) is 1. The van der Waals surface area contributed by atoms with E-state index >= 15 is 0 Å².